The third-order valence-corrected chi connectivity index (χ3v) is 4.66. The standard InChI is InChI=1S/C20H23FN6O4/c1-2-16(28)27-7-6-14(10-27)31-19-24-8-13(9-25-19)15-5-3-4-12(17(15)21)11-30-20(29)26-18(22)23/h3-5,8-9,14H,2,6-7,10-11H2,1H3,(H4,22,23,26,29). The number of benzene rings is 1. The van der Waals surface area contributed by atoms with Crippen LogP contribution in [-0.2, 0) is 16.1 Å². The molecule has 10 nitrogen and oxygen atoms in total. The third-order valence-electron chi connectivity index (χ3n) is 4.66. The molecule has 11 heteroatoms. The average Bonchev–Trinajstić information content (AvgIpc) is 3.21. The van der Waals surface area contributed by atoms with E-state index in [1.54, 1.807) is 17.0 Å². The molecule has 0 aliphatic carbocycles. The quantitative estimate of drug-likeness (QED) is 0.519. The Bertz CT molecular complexity index is 978. The Morgan fingerprint density at radius 2 is 2.03 bits per heavy atom. The molecule has 1 unspecified atom stereocenters. The highest BCUT2D eigenvalue weighted by atomic mass is 19.1. The molecule has 1 aliphatic heterocycles. The molecular weight excluding hydrogens is 407 g/mol. The first-order valence-electron chi connectivity index (χ1n) is 9.68. The van der Waals surface area contributed by atoms with Gasteiger partial charge in [0, 0.05) is 48.5 Å². The summed E-state index contributed by atoms with van der Waals surface area (Å²) in [4.78, 5) is 36.4. The van der Waals surface area contributed by atoms with Crippen LogP contribution in [-0.4, -0.2) is 52.0 Å². The van der Waals surface area contributed by atoms with E-state index in [0.717, 1.165) is 0 Å². The molecule has 0 saturated carbocycles. The molecule has 1 atom stereocenters. The summed E-state index contributed by atoms with van der Waals surface area (Å²) in [6.07, 6.45) is 2.85. The van der Waals surface area contributed by atoms with Crippen molar-refractivity contribution in [1.82, 2.24) is 14.9 Å². The van der Waals surface area contributed by atoms with Gasteiger partial charge in [0.15, 0.2) is 5.96 Å². The summed E-state index contributed by atoms with van der Waals surface area (Å²) in [5, 5.41) is 0. The SMILES string of the molecule is CCC(=O)N1CCC(Oc2ncc(-c3cccc(COC(=O)N=C(N)N)c3F)cn2)C1. The van der Waals surface area contributed by atoms with Crippen LogP contribution in [0.4, 0.5) is 9.18 Å². The number of aromatic nitrogens is 2. The number of amides is 2. The summed E-state index contributed by atoms with van der Waals surface area (Å²) in [5.74, 6) is -0.940. The Kier molecular flexibility index (Phi) is 6.96. The monoisotopic (exact) mass is 430 g/mol. The van der Waals surface area contributed by atoms with Crippen molar-refractivity contribution in [3.63, 3.8) is 0 Å². The number of nitrogens with two attached hydrogens (primary N) is 2. The van der Waals surface area contributed by atoms with Gasteiger partial charge in [-0.05, 0) is 0 Å². The molecule has 164 valence electrons. The summed E-state index contributed by atoms with van der Waals surface area (Å²) in [6, 6.07) is 4.80. The first kappa shape index (κ1) is 21.9. The number of halogens is 1. The lowest BCUT2D eigenvalue weighted by molar-refractivity contribution is -0.130. The molecule has 1 fully saturated rings. The van der Waals surface area contributed by atoms with E-state index < -0.39 is 17.9 Å². The minimum atomic E-state index is -1.01. The number of aliphatic imine (C=N–C) groups is 1. The highest BCUT2D eigenvalue weighted by Crippen LogP contribution is 2.25. The molecular formula is C20H23FN6O4. The van der Waals surface area contributed by atoms with Crippen molar-refractivity contribution in [3.8, 4) is 17.1 Å². The molecule has 2 heterocycles. The van der Waals surface area contributed by atoms with E-state index >= 15 is 0 Å². The van der Waals surface area contributed by atoms with Crippen molar-refractivity contribution in [1.29, 1.82) is 0 Å². The molecule has 31 heavy (non-hydrogen) atoms. The number of ether oxygens (including phenoxy) is 2. The van der Waals surface area contributed by atoms with Gasteiger partial charge >= 0.3 is 12.1 Å². The Hall–Kier alpha value is -3.76. The van der Waals surface area contributed by atoms with Crippen molar-refractivity contribution in [3.05, 3.63) is 42.0 Å². The van der Waals surface area contributed by atoms with Gasteiger partial charge in [-0.2, -0.15) is 0 Å². The first-order chi connectivity index (χ1) is 14.9. The van der Waals surface area contributed by atoms with Gasteiger partial charge < -0.3 is 25.8 Å². The van der Waals surface area contributed by atoms with E-state index in [2.05, 4.69) is 15.0 Å². The number of likely N-dealkylation sites (tertiary alicyclic amines) is 1. The Morgan fingerprint density at radius 3 is 2.71 bits per heavy atom. The maximum absolute atomic E-state index is 14.9. The average molecular weight is 430 g/mol. The fourth-order valence-electron chi connectivity index (χ4n) is 3.13. The summed E-state index contributed by atoms with van der Waals surface area (Å²) < 4.78 is 25.4. The van der Waals surface area contributed by atoms with E-state index in [9.17, 15) is 14.0 Å². The number of hydrogen-bond donors (Lipinski definition) is 2. The number of carbonyl (C=O) groups excluding carboxylic acids is 2. The van der Waals surface area contributed by atoms with Crippen LogP contribution in [0, 0.1) is 5.82 Å². The van der Waals surface area contributed by atoms with Gasteiger partial charge in [0.05, 0.1) is 6.54 Å². The van der Waals surface area contributed by atoms with Gasteiger partial charge in [0.1, 0.15) is 18.5 Å². The number of hydrogen-bond acceptors (Lipinski definition) is 6. The van der Waals surface area contributed by atoms with E-state index in [1.165, 1.54) is 18.5 Å². The van der Waals surface area contributed by atoms with Gasteiger partial charge in [-0.1, -0.05) is 25.1 Å². The van der Waals surface area contributed by atoms with E-state index in [4.69, 9.17) is 20.9 Å². The Morgan fingerprint density at radius 1 is 1.29 bits per heavy atom. The molecule has 2 amide bonds. The van der Waals surface area contributed by atoms with Crippen LogP contribution >= 0.6 is 0 Å². The highest BCUT2D eigenvalue weighted by molar-refractivity contribution is 5.87. The topological polar surface area (TPSA) is 146 Å². The summed E-state index contributed by atoms with van der Waals surface area (Å²) in [6.45, 7) is 2.61. The number of nitrogens with zero attached hydrogens (tertiary/aromatic N) is 4. The van der Waals surface area contributed by atoms with Crippen LogP contribution in [0.2, 0.25) is 0 Å². The molecule has 0 bridgehead atoms. The second-order valence-corrected chi connectivity index (χ2v) is 6.85. The molecule has 3 rings (SSSR count). The van der Waals surface area contributed by atoms with Crippen molar-refractivity contribution < 1.29 is 23.5 Å². The molecule has 1 aromatic carbocycles. The molecule has 0 radical (unpaired) electrons. The number of rotatable bonds is 6. The fraction of sp³-hybridized carbons (Fsp3) is 0.350. The fourth-order valence-corrected chi connectivity index (χ4v) is 3.13. The first-order valence-corrected chi connectivity index (χ1v) is 9.68. The van der Waals surface area contributed by atoms with Crippen molar-refractivity contribution in [2.75, 3.05) is 13.1 Å². The molecule has 0 spiro atoms. The van der Waals surface area contributed by atoms with Crippen LogP contribution < -0.4 is 16.2 Å². The van der Waals surface area contributed by atoms with E-state index in [-0.39, 0.29) is 35.8 Å². The second kappa shape index (κ2) is 9.83. The van der Waals surface area contributed by atoms with E-state index in [0.29, 0.717) is 31.5 Å². The minimum absolute atomic E-state index is 0.0849. The van der Waals surface area contributed by atoms with Gasteiger partial charge in [0.25, 0.3) is 0 Å². The van der Waals surface area contributed by atoms with Crippen LogP contribution in [0.15, 0.2) is 35.6 Å². The van der Waals surface area contributed by atoms with Gasteiger partial charge in [-0.25, -0.2) is 19.2 Å². The lowest BCUT2D eigenvalue weighted by Gasteiger charge is -2.15. The largest absolute Gasteiger partial charge is 0.458 e. The smallest absolute Gasteiger partial charge is 0.437 e. The lowest BCUT2D eigenvalue weighted by Crippen LogP contribution is -2.30. The third kappa shape index (κ3) is 5.65. The number of guanidine groups is 1. The van der Waals surface area contributed by atoms with Crippen LogP contribution in [0.1, 0.15) is 25.3 Å². The lowest BCUT2D eigenvalue weighted by atomic mass is 10.1. The molecule has 4 N–H and O–H groups in total. The second-order valence-electron chi connectivity index (χ2n) is 6.85. The van der Waals surface area contributed by atoms with Gasteiger partial charge in [0.2, 0.25) is 5.91 Å². The summed E-state index contributed by atoms with van der Waals surface area (Å²) in [7, 11) is 0. The van der Waals surface area contributed by atoms with Crippen LogP contribution in [0.25, 0.3) is 11.1 Å². The van der Waals surface area contributed by atoms with Gasteiger partial charge in [-0.15, -0.1) is 4.99 Å². The summed E-state index contributed by atoms with van der Waals surface area (Å²) in [5.41, 5.74) is 11.0. The Balaban J connectivity index is 1.65. The molecule has 1 saturated heterocycles. The van der Waals surface area contributed by atoms with E-state index in [1.807, 2.05) is 6.92 Å². The zero-order chi connectivity index (χ0) is 22.4. The summed E-state index contributed by atoms with van der Waals surface area (Å²) >= 11 is 0. The predicted molar refractivity (Wildman–Crippen MR) is 109 cm³/mol. The maximum atomic E-state index is 14.9. The zero-order valence-electron chi connectivity index (χ0n) is 17.0. The molecule has 1 aromatic heterocycles. The zero-order valence-corrected chi connectivity index (χ0v) is 17.0. The molecule has 2 aromatic rings. The Labute approximate surface area is 178 Å². The van der Waals surface area contributed by atoms with Gasteiger partial charge in [-0.3, -0.25) is 4.79 Å². The normalized spacial score (nSPS) is 15.4. The molecule has 1 aliphatic rings. The predicted octanol–water partition coefficient (Wildman–Crippen LogP) is 1.58. The maximum Gasteiger partial charge on any atom is 0.437 e. The number of carbonyl (C=O) groups is 2. The highest BCUT2D eigenvalue weighted by Gasteiger charge is 2.27. The van der Waals surface area contributed by atoms with Crippen molar-refractivity contribution in [2.24, 2.45) is 16.5 Å². The van der Waals surface area contributed by atoms with Crippen molar-refractivity contribution in [2.45, 2.75) is 32.5 Å². The minimum Gasteiger partial charge on any atom is -0.458 e. The van der Waals surface area contributed by atoms with Crippen LogP contribution in [0.3, 0.4) is 0 Å². The van der Waals surface area contributed by atoms with Crippen LogP contribution in [0.5, 0.6) is 6.01 Å². The van der Waals surface area contributed by atoms with Crippen molar-refractivity contribution >= 4 is 18.0 Å².